The number of nitrogens with one attached hydrogen (secondary N) is 1. The van der Waals surface area contributed by atoms with Crippen LogP contribution in [-0.2, 0) is 11.8 Å². The van der Waals surface area contributed by atoms with Crippen LogP contribution < -0.4 is 10.9 Å². The lowest BCUT2D eigenvalue weighted by atomic mass is 10.1. The van der Waals surface area contributed by atoms with E-state index in [9.17, 15) is 9.59 Å². The Kier molecular flexibility index (Phi) is 3.90. The molecule has 1 atom stereocenters. The summed E-state index contributed by atoms with van der Waals surface area (Å²) in [5.41, 5.74) is 0.240. The quantitative estimate of drug-likeness (QED) is 0.880. The van der Waals surface area contributed by atoms with Gasteiger partial charge in [0.1, 0.15) is 4.47 Å². The molecule has 2 rings (SSSR count). The first-order valence-electron chi connectivity index (χ1n) is 6.49. The Morgan fingerprint density at radius 3 is 2.60 bits per heavy atom. The maximum Gasteiger partial charge on any atom is 0.282 e. The number of carbonyl (C=O) groups excluding carboxylic acids is 1. The Bertz CT molecular complexity index is 591. The summed E-state index contributed by atoms with van der Waals surface area (Å²) in [4.78, 5) is 25.7. The molecule has 0 radical (unpaired) electrons. The standard InChI is InChI=1S/C13H19BrN4O2/c1-13(2,3)18-7-8(5-10(18)19)16-9-6-15-17(4)12(20)11(9)14/h6,8,16H,5,7H2,1-4H3. The van der Waals surface area contributed by atoms with E-state index in [-0.39, 0.29) is 23.0 Å². The monoisotopic (exact) mass is 342 g/mol. The summed E-state index contributed by atoms with van der Waals surface area (Å²) in [5.74, 6) is 0.128. The minimum Gasteiger partial charge on any atom is -0.378 e. The zero-order chi connectivity index (χ0) is 15.1. The molecule has 1 aliphatic heterocycles. The number of hydrogen-bond acceptors (Lipinski definition) is 4. The summed E-state index contributed by atoms with van der Waals surface area (Å²) in [6.07, 6.45) is 2.02. The summed E-state index contributed by atoms with van der Waals surface area (Å²) in [5, 5.41) is 7.21. The minimum atomic E-state index is -0.202. The summed E-state index contributed by atoms with van der Waals surface area (Å²) < 4.78 is 1.70. The predicted octanol–water partition coefficient (Wildman–Crippen LogP) is 1.35. The first-order valence-corrected chi connectivity index (χ1v) is 7.28. The van der Waals surface area contributed by atoms with E-state index in [1.165, 1.54) is 4.68 Å². The third-order valence-electron chi connectivity index (χ3n) is 3.37. The zero-order valence-corrected chi connectivity index (χ0v) is 13.7. The van der Waals surface area contributed by atoms with E-state index in [4.69, 9.17) is 0 Å². The molecule has 2 heterocycles. The van der Waals surface area contributed by atoms with Gasteiger partial charge in [0.25, 0.3) is 5.56 Å². The van der Waals surface area contributed by atoms with Gasteiger partial charge < -0.3 is 10.2 Å². The highest BCUT2D eigenvalue weighted by Crippen LogP contribution is 2.25. The second-order valence-corrected chi connectivity index (χ2v) is 6.81. The summed E-state index contributed by atoms with van der Waals surface area (Å²) >= 11 is 3.27. The Morgan fingerprint density at radius 1 is 1.40 bits per heavy atom. The predicted molar refractivity (Wildman–Crippen MR) is 80.7 cm³/mol. The van der Waals surface area contributed by atoms with Crippen molar-refractivity contribution in [3.63, 3.8) is 0 Å². The SMILES string of the molecule is Cn1ncc(NC2CC(=O)N(C(C)(C)C)C2)c(Br)c1=O. The van der Waals surface area contributed by atoms with Gasteiger partial charge in [-0.1, -0.05) is 0 Å². The molecule has 7 heteroatoms. The molecule has 1 N–H and O–H groups in total. The van der Waals surface area contributed by atoms with Crippen molar-refractivity contribution >= 4 is 27.5 Å². The Labute approximate surface area is 126 Å². The van der Waals surface area contributed by atoms with Gasteiger partial charge in [0, 0.05) is 25.6 Å². The first-order chi connectivity index (χ1) is 9.20. The van der Waals surface area contributed by atoms with Crippen molar-refractivity contribution < 1.29 is 4.79 Å². The van der Waals surface area contributed by atoms with E-state index in [2.05, 4.69) is 26.3 Å². The van der Waals surface area contributed by atoms with Crippen molar-refractivity contribution in [3.8, 4) is 0 Å². The van der Waals surface area contributed by atoms with Crippen LogP contribution in [0.25, 0.3) is 0 Å². The van der Waals surface area contributed by atoms with Crippen LogP contribution in [-0.4, -0.2) is 38.7 Å². The van der Waals surface area contributed by atoms with Crippen molar-refractivity contribution in [1.29, 1.82) is 0 Å². The number of carbonyl (C=O) groups is 1. The molecule has 0 aliphatic carbocycles. The lowest BCUT2D eigenvalue weighted by Crippen LogP contribution is -2.43. The van der Waals surface area contributed by atoms with Crippen molar-refractivity contribution in [3.05, 3.63) is 21.0 Å². The van der Waals surface area contributed by atoms with Gasteiger partial charge >= 0.3 is 0 Å². The number of aryl methyl sites for hydroxylation is 1. The van der Waals surface area contributed by atoms with Gasteiger partial charge in [-0.3, -0.25) is 9.59 Å². The first kappa shape index (κ1) is 15.0. The van der Waals surface area contributed by atoms with E-state index >= 15 is 0 Å². The summed E-state index contributed by atoms with van der Waals surface area (Å²) in [6.45, 7) is 6.68. The molecule has 110 valence electrons. The third-order valence-corrected chi connectivity index (χ3v) is 4.14. The highest BCUT2D eigenvalue weighted by Gasteiger charge is 2.36. The van der Waals surface area contributed by atoms with Gasteiger partial charge in [-0.2, -0.15) is 5.10 Å². The van der Waals surface area contributed by atoms with Gasteiger partial charge in [-0.15, -0.1) is 0 Å². The number of rotatable bonds is 2. The molecule has 6 nitrogen and oxygen atoms in total. The molecule has 1 aromatic rings. The maximum absolute atomic E-state index is 12.0. The topological polar surface area (TPSA) is 67.2 Å². The second kappa shape index (κ2) is 5.20. The van der Waals surface area contributed by atoms with Crippen molar-refractivity contribution in [2.45, 2.75) is 38.8 Å². The van der Waals surface area contributed by atoms with Crippen LogP contribution in [0.2, 0.25) is 0 Å². The molecular formula is C13H19BrN4O2. The average molecular weight is 343 g/mol. The Balaban J connectivity index is 2.15. The Morgan fingerprint density at radius 2 is 2.05 bits per heavy atom. The molecule has 1 unspecified atom stereocenters. The molecule has 1 aromatic heterocycles. The molecule has 1 amide bonds. The Hall–Kier alpha value is -1.37. The van der Waals surface area contributed by atoms with E-state index < -0.39 is 0 Å². The number of aromatic nitrogens is 2. The lowest BCUT2D eigenvalue weighted by molar-refractivity contribution is -0.131. The van der Waals surface area contributed by atoms with Gasteiger partial charge in [0.2, 0.25) is 5.91 Å². The second-order valence-electron chi connectivity index (χ2n) is 6.02. The van der Waals surface area contributed by atoms with E-state index in [1.54, 1.807) is 13.2 Å². The lowest BCUT2D eigenvalue weighted by Gasteiger charge is -2.32. The fourth-order valence-corrected chi connectivity index (χ4v) is 2.76. The van der Waals surface area contributed by atoms with Crippen LogP contribution in [0.15, 0.2) is 15.5 Å². The van der Waals surface area contributed by atoms with Gasteiger partial charge in [0.15, 0.2) is 0 Å². The van der Waals surface area contributed by atoms with Crippen molar-refractivity contribution in [1.82, 2.24) is 14.7 Å². The van der Waals surface area contributed by atoms with Gasteiger partial charge in [-0.25, -0.2) is 4.68 Å². The highest BCUT2D eigenvalue weighted by atomic mass is 79.9. The normalized spacial score (nSPS) is 19.6. The highest BCUT2D eigenvalue weighted by molar-refractivity contribution is 9.10. The largest absolute Gasteiger partial charge is 0.378 e. The fourth-order valence-electron chi connectivity index (χ4n) is 2.28. The van der Waals surface area contributed by atoms with Crippen molar-refractivity contribution in [2.75, 3.05) is 11.9 Å². The molecule has 1 aliphatic rings. The number of anilines is 1. The fraction of sp³-hybridized carbons (Fsp3) is 0.615. The number of nitrogens with zero attached hydrogens (tertiary/aromatic N) is 3. The molecular weight excluding hydrogens is 324 g/mol. The van der Waals surface area contributed by atoms with Gasteiger partial charge in [-0.05, 0) is 36.7 Å². The maximum atomic E-state index is 12.0. The van der Waals surface area contributed by atoms with Gasteiger partial charge in [0.05, 0.1) is 17.9 Å². The van der Waals surface area contributed by atoms with Crippen LogP contribution in [0, 0.1) is 0 Å². The molecule has 0 aromatic carbocycles. The van der Waals surface area contributed by atoms with Crippen LogP contribution in [0.5, 0.6) is 0 Å². The van der Waals surface area contributed by atoms with Crippen LogP contribution in [0.1, 0.15) is 27.2 Å². The molecule has 0 saturated carbocycles. The summed E-state index contributed by atoms with van der Waals surface area (Å²) in [7, 11) is 1.59. The molecule has 1 saturated heterocycles. The number of likely N-dealkylation sites (tertiary alicyclic amines) is 1. The smallest absolute Gasteiger partial charge is 0.282 e. The van der Waals surface area contributed by atoms with E-state index in [0.29, 0.717) is 23.1 Å². The number of amides is 1. The average Bonchev–Trinajstić information content (AvgIpc) is 2.71. The number of halogens is 1. The molecule has 20 heavy (non-hydrogen) atoms. The molecule has 0 spiro atoms. The minimum absolute atomic E-state index is 0.00747. The summed E-state index contributed by atoms with van der Waals surface area (Å²) in [6, 6.07) is -0.00747. The van der Waals surface area contributed by atoms with Crippen LogP contribution in [0.3, 0.4) is 0 Å². The molecule has 0 bridgehead atoms. The van der Waals surface area contributed by atoms with Crippen molar-refractivity contribution in [2.24, 2.45) is 7.05 Å². The number of hydrogen-bond donors (Lipinski definition) is 1. The molecule has 1 fully saturated rings. The van der Waals surface area contributed by atoms with E-state index in [0.717, 1.165) is 0 Å². The van der Waals surface area contributed by atoms with Crippen LogP contribution in [0.4, 0.5) is 5.69 Å². The van der Waals surface area contributed by atoms with Crippen LogP contribution >= 0.6 is 15.9 Å². The third kappa shape index (κ3) is 2.87. The van der Waals surface area contributed by atoms with E-state index in [1.807, 2.05) is 25.7 Å². The zero-order valence-electron chi connectivity index (χ0n) is 12.1.